The highest BCUT2D eigenvalue weighted by atomic mass is 16.5. The summed E-state index contributed by atoms with van der Waals surface area (Å²) in [6.07, 6.45) is 3.55. The molecule has 0 spiro atoms. The molecule has 2 aromatic heterocycles. The Bertz CT molecular complexity index is 766. The molecule has 0 amide bonds. The zero-order chi connectivity index (χ0) is 14.8. The number of ether oxygens (including phenoxy) is 1. The van der Waals surface area contributed by atoms with Crippen LogP contribution in [-0.2, 0) is 7.05 Å². The number of hydrogen-bond acceptors (Lipinski definition) is 4. The van der Waals surface area contributed by atoms with Gasteiger partial charge >= 0.3 is 0 Å². The second kappa shape index (κ2) is 5.54. The van der Waals surface area contributed by atoms with Crippen molar-refractivity contribution in [3.05, 3.63) is 54.0 Å². The molecule has 0 bridgehead atoms. The molecule has 0 aliphatic carbocycles. The second-order valence-corrected chi connectivity index (χ2v) is 4.90. The molecule has 108 valence electrons. The maximum absolute atomic E-state index is 5.42. The summed E-state index contributed by atoms with van der Waals surface area (Å²) in [7, 11) is 5.52. The minimum atomic E-state index is 0.0112. The molecule has 0 aliphatic heterocycles. The molecule has 0 saturated heterocycles. The number of aryl methyl sites for hydroxylation is 1. The minimum absolute atomic E-state index is 0.0112. The van der Waals surface area contributed by atoms with Gasteiger partial charge in [-0.15, -0.1) is 0 Å². The van der Waals surface area contributed by atoms with Gasteiger partial charge in [-0.1, -0.05) is 12.1 Å². The number of fused-ring (bicyclic) bond motifs is 1. The van der Waals surface area contributed by atoms with Crippen molar-refractivity contribution < 1.29 is 4.74 Å². The Morgan fingerprint density at radius 2 is 2.14 bits per heavy atom. The summed E-state index contributed by atoms with van der Waals surface area (Å²) in [4.78, 5) is 4.36. The number of pyridine rings is 1. The fraction of sp³-hybridized carbons (Fsp3) is 0.250. The highest BCUT2D eigenvalue weighted by Gasteiger charge is 2.21. The fourth-order valence-corrected chi connectivity index (χ4v) is 2.65. The highest BCUT2D eigenvalue weighted by Crippen LogP contribution is 2.30. The Hall–Kier alpha value is -2.40. The first-order chi connectivity index (χ1) is 10.2. The SMILES string of the molecule is CNC(c1ccc2ncccc2c1)c1c(OC)cnn1C. The summed E-state index contributed by atoms with van der Waals surface area (Å²) < 4.78 is 7.26. The molecule has 3 aromatic rings. The van der Waals surface area contributed by atoms with Gasteiger partial charge in [-0.25, -0.2) is 0 Å². The molecule has 21 heavy (non-hydrogen) atoms. The van der Waals surface area contributed by atoms with Crippen molar-refractivity contribution in [1.82, 2.24) is 20.1 Å². The van der Waals surface area contributed by atoms with Gasteiger partial charge in [0.2, 0.25) is 0 Å². The van der Waals surface area contributed by atoms with Gasteiger partial charge in [-0.3, -0.25) is 9.67 Å². The molecule has 1 unspecified atom stereocenters. The van der Waals surface area contributed by atoms with Gasteiger partial charge < -0.3 is 10.1 Å². The van der Waals surface area contributed by atoms with Crippen LogP contribution in [0.1, 0.15) is 17.3 Å². The third-order valence-corrected chi connectivity index (χ3v) is 3.69. The Kier molecular flexibility index (Phi) is 3.58. The van der Waals surface area contributed by atoms with E-state index >= 15 is 0 Å². The third kappa shape index (κ3) is 2.36. The van der Waals surface area contributed by atoms with Crippen LogP contribution in [0, 0.1) is 0 Å². The average molecular weight is 282 g/mol. The zero-order valence-corrected chi connectivity index (χ0v) is 12.4. The summed E-state index contributed by atoms with van der Waals surface area (Å²) in [5.41, 5.74) is 3.15. The number of rotatable bonds is 4. The fourth-order valence-electron chi connectivity index (χ4n) is 2.65. The maximum atomic E-state index is 5.42. The van der Waals surface area contributed by atoms with Crippen molar-refractivity contribution in [2.45, 2.75) is 6.04 Å². The van der Waals surface area contributed by atoms with E-state index in [-0.39, 0.29) is 6.04 Å². The van der Waals surface area contributed by atoms with Crippen molar-refractivity contribution in [3.63, 3.8) is 0 Å². The lowest BCUT2D eigenvalue weighted by Gasteiger charge is -2.19. The summed E-state index contributed by atoms with van der Waals surface area (Å²) in [5, 5.41) is 8.74. The lowest BCUT2D eigenvalue weighted by Crippen LogP contribution is -2.21. The smallest absolute Gasteiger partial charge is 0.161 e. The molecule has 0 aliphatic rings. The molecule has 0 saturated carbocycles. The van der Waals surface area contributed by atoms with Crippen LogP contribution in [0.2, 0.25) is 0 Å². The van der Waals surface area contributed by atoms with Crippen LogP contribution in [0.5, 0.6) is 5.75 Å². The number of aromatic nitrogens is 3. The van der Waals surface area contributed by atoms with E-state index in [2.05, 4.69) is 33.6 Å². The first kappa shape index (κ1) is 13.6. The number of methoxy groups -OCH3 is 1. The van der Waals surface area contributed by atoms with E-state index in [4.69, 9.17) is 4.74 Å². The normalized spacial score (nSPS) is 12.5. The Morgan fingerprint density at radius 1 is 1.29 bits per heavy atom. The monoisotopic (exact) mass is 282 g/mol. The van der Waals surface area contributed by atoms with Crippen LogP contribution >= 0.6 is 0 Å². The third-order valence-electron chi connectivity index (χ3n) is 3.69. The summed E-state index contributed by atoms with van der Waals surface area (Å²) in [5.74, 6) is 0.781. The van der Waals surface area contributed by atoms with Crippen molar-refractivity contribution in [2.24, 2.45) is 7.05 Å². The van der Waals surface area contributed by atoms with E-state index in [1.165, 1.54) is 0 Å². The molecule has 1 aromatic carbocycles. The topological polar surface area (TPSA) is 52.0 Å². The van der Waals surface area contributed by atoms with Gasteiger partial charge in [0.1, 0.15) is 5.69 Å². The molecule has 0 fully saturated rings. The van der Waals surface area contributed by atoms with Gasteiger partial charge in [-0.05, 0) is 30.8 Å². The summed E-state index contributed by atoms with van der Waals surface area (Å²) in [6.45, 7) is 0. The van der Waals surface area contributed by atoms with Gasteiger partial charge in [-0.2, -0.15) is 5.10 Å². The van der Waals surface area contributed by atoms with Gasteiger partial charge in [0.25, 0.3) is 0 Å². The van der Waals surface area contributed by atoms with Crippen molar-refractivity contribution >= 4 is 10.9 Å². The standard InChI is InChI=1S/C16H18N4O/c1-17-15(16-14(21-3)10-19-20(16)2)12-6-7-13-11(9-12)5-4-8-18-13/h4-10,15,17H,1-3H3. The highest BCUT2D eigenvalue weighted by molar-refractivity contribution is 5.79. The summed E-state index contributed by atoms with van der Waals surface area (Å²) >= 11 is 0. The Labute approximate surface area is 123 Å². The minimum Gasteiger partial charge on any atom is -0.493 e. The van der Waals surface area contributed by atoms with Crippen LogP contribution in [0.3, 0.4) is 0 Å². The number of nitrogens with one attached hydrogen (secondary N) is 1. The van der Waals surface area contributed by atoms with Gasteiger partial charge in [0, 0.05) is 18.6 Å². The largest absolute Gasteiger partial charge is 0.493 e. The van der Waals surface area contributed by atoms with Gasteiger partial charge in [0.05, 0.1) is 24.9 Å². The summed E-state index contributed by atoms with van der Waals surface area (Å²) in [6, 6.07) is 10.3. The molecular formula is C16H18N4O. The van der Waals surface area contributed by atoms with Crippen molar-refractivity contribution in [1.29, 1.82) is 0 Å². The molecular weight excluding hydrogens is 264 g/mol. The first-order valence-corrected chi connectivity index (χ1v) is 6.82. The van der Waals surface area contributed by atoms with Crippen LogP contribution in [0.15, 0.2) is 42.7 Å². The van der Waals surface area contributed by atoms with Crippen molar-refractivity contribution in [2.75, 3.05) is 14.2 Å². The molecule has 1 atom stereocenters. The van der Waals surface area contributed by atoms with Crippen LogP contribution in [0.4, 0.5) is 0 Å². The lowest BCUT2D eigenvalue weighted by atomic mass is 10.0. The molecule has 1 N–H and O–H groups in total. The van der Waals surface area contributed by atoms with Crippen LogP contribution in [0.25, 0.3) is 10.9 Å². The number of benzene rings is 1. The first-order valence-electron chi connectivity index (χ1n) is 6.82. The predicted octanol–water partition coefficient (Wildman–Crippen LogP) is 2.29. The van der Waals surface area contributed by atoms with Gasteiger partial charge in [0.15, 0.2) is 5.75 Å². The zero-order valence-electron chi connectivity index (χ0n) is 12.4. The van der Waals surface area contributed by atoms with Crippen LogP contribution < -0.4 is 10.1 Å². The molecule has 5 heteroatoms. The van der Waals surface area contributed by atoms with Crippen LogP contribution in [-0.4, -0.2) is 28.9 Å². The quantitative estimate of drug-likeness (QED) is 0.797. The molecule has 5 nitrogen and oxygen atoms in total. The molecule has 3 rings (SSSR count). The maximum Gasteiger partial charge on any atom is 0.161 e. The number of nitrogens with zero attached hydrogens (tertiary/aromatic N) is 3. The Morgan fingerprint density at radius 3 is 2.90 bits per heavy atom. The lowest BCUT2D eigenvalue weighted by molar-refractivity contribution is 0.402. The average Bonchev–Trinajstić information content (AvgIpc) is 2.89. The van der Waals surface area contributed by atoms with Crippen molar-refractivity contribution in [3.8, 4) is 5.75 Å². The number of hydrogen-bond donors (Lipinski definition) is 1. The van der Waals surface area contributed by atoms with E-state index in [1.807, 2.05) is 37.1 Å². The van der Waals surface area contributed by atoms with E-state index in [1.54, 1.807) is 13.3 Å². The molecule has 2 heterocycles. The Balaban J connectivity index is 2.11. The van der Waals surface area contributed by atoms with E-state index in [0.29, 0.717) is 0 Å². The predicted molar refractivity (Wildman–Crippen MR) is 82.4 cm³/mol. The van der Waals surface area contributed by atoms with E-state index in [0.717, 1.165) is 27.9 Å². The molecule has 0 radical (unpaired) electrons. The van der Waals surface area contributed by atoms with E-state index < -0.39 is 0 Å². The second-order valence-electron chi connectivity index (χ2n) is 4.90. The van der Waals surface area contributed by atoms with E-state index in [9.17, 15) is 0 Å².